The molecule has 0 bridgehead atoms. The second kappa shape index (κ2) is 45.3. The zero-order valence-corrected chi connectivity index (χ0v) is 45.9. The lowest BCUT2D eigenvalue weighted by atomic mass is 9.97. The van der Waals surface area contributed by atoms with Crippen molar-refractivity contribution in [2.45, 2.75) is 312 Å². The molecule has 14 nitrogen and oxygen atoms in total. The van der Waals surface area contributed by atoms with Gasteiger partial charge in [0.15, 0.2) is 12.6 Å². The van der Waals surface area contributed by atoms with Crippen molar-refractivity contribution in [2.75, 3.05) is 19.8 Å². The van der Waals surface area contributed by atoms with E-state index in [-0.39, 0.29) is 18.9 Å². The Hall–Kier alpha value is -1.79. The summed E-state index contributed by atoms with van der Waals surface area (Å²) >= 11 is 0. The summed E-state index contributed by atoms with van der Waals surface area (Å²) in [5.41, 5.74) is 0. The zero-order valence-electron chi connectivity index (χ0n) is 45.9. The first-order valence-corrected chi connectivity index (χ1v) is 29.7. The molecule has 0 aromatic carbocycles. The number of nitrogens with one attached hydrogen (secondary N) is 1. The number of rotatable bonds is 47. The molecule has 0 aromatic rings. The summed E-state index contributed by atoms with van der Waals surface area (Å²) in [4.78, 5) is 13.0. The Kier molecular flexibility index (Phi) is 41.7. The fourth-order valence-corrected chi connectivity index (χ4v) is 9.74. The minimum atomic E-state index is -1.79. The maximum atomic E-state index is 13.0. The number of allylic oxidation sites excluding steroid dienone is 5. The van der Waals surface area contributed by atoms with Crippen molar-refractivity contribution >= 4 is 5.91 Å². The number of aliphatic hydroxyl groups is 8. The van der Waals surface area contributed by atoms with Gasteiger partial charge in [-0.25, -0.2) is 0 Å². The summed E-state index contributed by atoms with van der Waals surface area (Å²) < 4.78 is 22.6. The van der Waals surface area contributed by atoms with Gasteiger partial charge in [0.25, 0.3) is 0 Å². The molecule has 12 unspecified atom stereocenters. The Bertz CT molecular complexity index is 1370. The summed E-state index contributed by atoms with van der Waals surface area (Å²) in [6.45, 7) is 2.70. The van der Waals surface area contributed by atoms with E-state index < -0.39 is 86.8 Å². The highest BCUT2D eigenvalue weighted by Gasteiger charge is 2.51. The molecule has 2 aliphatic heterocycles. The number of carbonyl (C=O) groups excluding carboxylic acids is 1. The first kappa shape index (κ1) is 67.3. The highest BCUT2D eigenvalue weighted by molar-refractivity contribution is 5.76. The second-order valence-corrected chi connectivity index (χ2v) is 21.1. The van der Waals surface area contributed by atoms with E-state index in [1.54, 1.807) is 6.08 Å². The SMILES string of the molecule is CCCCCCCCCCCCCCCCCCCCCCCCC/C=C/CC/C=C/CC/C=C/C(O)C(COC1OC(CO)C(OC2OC(CO)C(O)C(O)C2O)C(O)C1O)NC(=O)CCCCCCCC. The summed E-state index contributed by atoms with van der Waals surface area (Å²) in [5, 5.41) is 86.5. The maximum absolute atomic E-state index is 13.0. The molecule has 0 aliphatic carbocycles. The number of unbranched alkanes of at least 4 members (excludes halogenated alkanes) is 30. The number of hydrogen-bond acceptors (Lipinski definition) is 13. The van der Waals surface area contributed by atoms with Crippen LogP contribution in [0.4, 0.5) is 0 Å². The van der Waals surface area contributed by atoms with Gasteiger partial charge in [-0.15, -0.1) is 0 Å². The van der Waals surface area contributed by atoms with Crippen molar-refractivity contribution in [3.05, 3.63) is 36.5 Å². The van der Waals surface area contributed by atoms with Crippen LogP contribution in [0, 0.1) is 0 Å². The third kappa shape index (κ3) is 31.3. The number of carbonyl (C=O) groups is 1. The van der Waals surface area contributed by atoms with Gasteiger partial charge in [-0.3, -0.25) is 4.79 Å². The van der Waals surface area contributed by atoms with E-state index in [2.05, 4.69) is 43.5 Å². The first-order valence-electron chi connectivity index (χ1n) is 29.7. The van der Waals surface area contributed by atoms with Crippen molar-refractivity contribution < 1.29 is 64.6 Å². The Balaban J connectivity index is 1.62. The zero-order chi connectivity index (χ0) is 53.2. The molecule has 0 radical (unpaired) electrons. The van der Waals surface area contributed by atoms with Crippen molar-refractivity contribution in [2.24, 2.45) is 0 Å². The Morgan fingerprint density at radius 2 is 0.877 bits per heavy atom. The number of aliphatic hydroxyl groups excluding tert-OH is 8. The minimum absolute atomic E-state index is 0.263. The molecular weight excluding hydrogens is 931 g/mol. The van der Waals surface area contributed by atoms with Gasteiger partial charge in [-0.1, -0.05) is 224 Å². The molecule has 9 N–H and O–H groups in total. The van der Waals surface area contributed by atoms with Crippen LogP contribution >= 0.6 is 0 Å². The van der Waals surface area contributed by atoms with Crippen LogP contribution in [0.3, 0.4) is 0 Å². The predicted molar refractivity (Wildman–Crippen MR) is 291 cm³/mol. The number of ether oxygens (including phenoxy) is 4. The lowest BCUT2D eigenvalue weighted by molar-refractivity contribution is -0.359. The minimum Gasteiger partial charge on any atom is -0.394 e. The highest BCUT2D eigenvalue weighted by Crippen LogP contribution is 2.30. The average Bonchev–Trinajstić information content (AvgIpc) is 3.39. The standard InChI is InChI=1S/C59H109NO13/c1-3-5-7-9-11-12-13-14-15-16-17-18-19-20-21-22-23-24-25-26-27-28-29-30-31-32-33-34-35-36-37-38-40-42-48(63)47(60-51(64)43-41-39-10-8-6-4-2)46-70-58-56(69)54(67)57(50(45-62)72-58)73-59-55(68)53(66)52(65)49(44-61)71-59/h31-32,35-36,40,42,47-50,52-59,61-63,65-69H,3-30,33-34,37-39,41,43-46H2,1-2H3,(H,60,64)/b32-31+,36-35+,42-40+. The summed E-state index contributed by atoms with van der Waals surface area (Å²) in [6, 6.07) is -0.932. The van der Waals surface area contributed by atoms with Crippen molar-refractivity contribution in [1.29, 1.82) is 0 Å². The van der Waals surface area contributed by atoms with Gasteiger partial charge in [0.2, 0.25) is 5.91 Å². The predicted octanol–water partition coefficient (Wildman–Crippen LogP) is 9.83. The quantitative estimate of drug-likeness (QED) is 0.0205. The van der Waals surface area contributed by atoms with Crippen molar-refractivity contribution in [3.63, 3.8) is 0 Å². The van der Waals surface area contributed by atoms with E-state index in [0.717, 1.165) is 57.8 Å². The van der Waals surface area contributed by atoms with Crippen molar-refractivity contribution in [3.8, 4) is 0 Å². The lowest BCUT2D eigenvalue weighted by Gasteiger charge is -2.46. The molecular formula is C59H109NO13. The molecule has 428 valence electrons. The molecule has 1 amide bonds. The molecule has 2 saturated heterocycles. The third-order valence-corrected chi connectivity index (χ3v) is 14.6. The van der Waals surface area contributed by atoms with Crippen molar-refractivity contribution in [1.82, 2.24) is 5.32 Å². The summed E-state index contributed by atoms with van der Waals surface area (Å²) in [6.07, 6.45) is 38.5. The lowest BCUT2D eigenvalue weighted by Crippen LogP contribution is -2.65. The van der Waals surface area contributed by atoms with E-state index in [0.29, 0.717) is 12.8 Å². The highest BCUT2D eigenvalue weighted by atomic mass is 16.7. The van der Waals surface area contributed by atoms with Gasteiger partial charge in [-0.05, 0) is 44.9 Å². The Labute approximate surface area is 442 Å². The number of amides is 1. The van der Waals surface area contributed by atoms with Crippen LogP contribution in [0.1, 0.15) is 239 Å². The largest absolute Gasteiger partial charge is 0.394 e. The van der Waals surface area contributed by atoms with Crippen LogP contribution in [0.25, 0.3) is 0 Å². The van der Waals surface area contributed by atoms with E-state index in [4.69, 9.17) is 18.9 Å². The fraction of sp³-hybridized carbons (Fsp3) is 0.881. The monoisotopic (exact) mass is 1040 g/mol. The van der Waals surface area contributed by atoms with Gasteiger partial charge in [-0.2, -0.15) is 0 Å². The normalized spacial score (nSPS) is 25.6. The molecule has 12 atom stereocenters. The summed E-state index contributed by atoms with van der Waals surface area (Å²) in [5.74, 6) is -0.263. The molecule has 2 fully saturated rings. The third-order valence-electron chi connectivity index (χ3n) is 14.6. The van der Waals surface area contributed by atoms with Crippen LogP contribution in [-0.4, -0.2) is 140 Å². The van der Waals surface area contributed by atoms with Crippen LogP contribution in [0.2, 0.25) is 0 Å². The topological polar surface area (TPSA) is 228 Å². The van der Waals surface area contributed by atoms with E-state index >= 15 is 0 Å². The molecule has 2 aliphatic rings. The maximum Gasteiger partial charge on any atom is 0.220 e. The first-order chi connectivity index (χ1) is 35.6. The molecule has 73 heavy (non-hydrogen) atoms. The van der Waals surface area contributed by atoms with Gasteiger partial charge < -0.3 is 65.1 Å². The van der Waals surface area contributed by atoms with Crippen LogP contribution in [0.5, 0.6) is 0 Å². The van der Waals surface area contributed by atoms with Gasteiger partial charge in [0.05, 0.1) is 32.0 Å². The molecule has 2 rings (SSSR count). The van der Waals surface area contributed by atoms with E-state index in [9.17, 15) is 45.6 Å². The molecule has 2 heterocycles. The molecule has 14 heteroatoms. The van der Waals surface area contributed by atoms with Gasteiger partial charge >= 0.3 is 0 Å². The van der Waals surface area contributed by atoms with E-state index in [1.165, 1.54) is 148 Å². The molecule has 0 aromatic heterocycles. The van der Waals surface area contributed by atoms with Crippen LogP contribution in [0.15, 0.2) is 36.5 Å². The second-order valence-electron chi connectivity index (χ2n) is 21.1. The smallest absolute Gasteiger partial charge is 0.220 e. The van der Waals surface area contributed by atoms with Crippen LogP contribution < -0.4 is 5.32 Å². The van der Waals surface area contributed by atoms with E-state index in [1.807, 2.05) is 6.08 Å². The van der Waals surface area contributed by atoms with Gasteiger partial charge in [0, 0.05) is 6.42 Å². The van der Waals surface area contributed by atoms with Crippen LogP contribution in [-0.2, 0) is 23.7 Å². The Morgan fingerprint density at radius 1 is 0.479 bits per heavy atom. The fourth-order valence-electron chi connectivity index (χ4n) is 9.74. The number of hydrogen-bond donors (Lipinski definition) is 9. The molecule has 0 spiro atoms. The van der Waals surface area contributed by atoms with Gasteiger partial charge in [0.1, 0.15) is 48.8 Å². The average molecular weight is 1040 g/mol. The summed E-state index contributed by atoms with van der Waals surface area (Å²) in [7, 11) is 0. The Morgan fingerprint density at radius 3 is 1.34 bits per heavy atom. The molecule has 0 saturated carbocycles.